The molecule has 0 saturated carbocycles. The lowest BCUT2D eigenvalue weighted by molar-refractivity contribution is 0.102. The van der Waals surface area contributed by atoms with E-state index in [0.717, 1.165) is 16.8 Å². The Bertz CT molecular complexity index is 794. The minimum absolute atomic E-state index is 0.136. The zero-order chi connectivity index (χ0) is 15.5. The van der Waals surface area contributed by atoms with Gasteiger partial charge in [-0.25, -0.2) is 4.98 Å². The van der Waals surface area contributed by atoms with Crippen molar-refractivity contribution in [3.8, 4) is 11.3 Å². The fourth-order valence-electron chi connectivity index (χ4n) is 1.96. The molecule has 0 aliphatic heterocycles. The summed E-state index contributed by atoms with van der Waals surface area (Å²) in [7, 11) is 0. The SMILES string of the molecule is Cc1ccc(C(=O)Nc2nc(-c3ccc(I)cc3)cs2)cc1. The highest BCUT2D eigenvalue weighted by atomic mass is 127. The first-order valence-electron chi connectivity index (χ1n) is 6.71. The van der Waals surface area contributed by atoms with Crippen molar-refractivity contribution in [2.24, 2.45) is 0 Å². The van der Waals surface area contributed by atoms with Crippen LogP contribution in [-0.4, -0.2) is 10.9 Å². The number of aromatic nitrogens is 1. The second-order valence-corrected chi connectivity index (χ2v) is 6.97. The van der Waals surface area contributed by atoms with Gasteiger partial charge in [-0.1, -0.05) is 29.8 Å². The summed E-state index contributed by atoms with van der Waals surface area (Å²) in [5, 5.41) is 5.41. The maximum absolute atomic E-state index is 12.2. The van der Waals surface area contributed by atoms with Crippen molar-refractivity contribution in [2.75, 3.05) is 5.32 Å². The molecule has 2 aromatic carbocycles. The van der Waals surface area contributed by atoms with E-state index in [1.54, 1.807) is 0 Å². The van der Waals surface area contributed by atoms with E-state index in [1.807, 2.05) is 60.8 Å². The van der Waals surface area contributed by atoms with Gasteiger partial charge < -0.3 is 0 Å². The van der Waals surface area contributed by atoms with Crippen LogP contribution in [0.2, 0.25) is 0 Å². The van der Waals surface area contributed by atoms with Crippen molar-refractivity contribution in [2.45, 2.75) is 6.92 Å². The number of hydrogen-bond donors (Lipinski definition) is 1. The minimum Gasteiger partial charge on any atom is -0.298 e. The second kappa shape index (κ2) is 6.58. The molecule has 0 spiro atoms. The number of halogens is 1. The molecular formula is C17H13IN2OS. The summed E-state index contributed by atoms with van der Waals surface area (Å²) in [5.41, 5.74) is 3.69. The summed E-state index contributed by atoms with van der Waals surface area (Å²) in [6, 6.07) is 15.6. The first-order valence-corrected chi connectivity index (χ1v) is 8.67. The van der Waals surface area contributed by atoms with E-state index >= 15 is 0 Å². The van der Waals surface area contributed by atoms with E-state index in [-0.39, 0.29) is 5.91 Å². The van der Waals surface area contributed by atoms with Crippen LogP contribution in [0.15, 0.2) is 53.9 Å². The van der Waals surface area contributed by atoms with Crippen LogP contribution < -0.4 is 5.32 Å². The molecule has 5 heteroatoms. The number of aryl methyl sites for hydroxylation is 1. The molecule has 110 valence electrons. The van der Waals surface area contributed by atoms with Crippen LogP contribution in [0.5, 0.6) is 0 Å². The lowest BCUT2D eigenvalue weighted by Gasteiger charge is -2.02. The highest BCUT2D eigenvalue weighted by Crippen LogP contribution is 2.25. The van der Waals surface area contributed by atoms with Gasteiger partial charge in [-0.15, -0.1) is 11.3 Å². The Balaban J connectivity index is 1.75. The highest BCUT2D eigenvalue weighted by Gasteiger charge is 2.09. The Hall–Kier alpha value is -1.73. The van der Waals surface area contributed by atoms with Gasteiger partial charge in [-0.05, 0) is 53.8 Å². The Kier molecular flexibility index (Phi) is 4.54. The van der Waals surface area contributed by atoms with Crippen LogP contribution >= 0.6 is 33.9 Å². The third-order valence-electron chi connectivity index (χ3n) is 3.18. The molecule has 22 heavy (non-hydrogen) atoms. The third-order valence-corrected chi connectivity index (χ3v) is 4.66. The van der Waals surface area contributed by atoms with Gasteiger partial charge in [-0.2, -0.15) is 0 Å². The topological polar surface area (TPSA) is 42.0 Å². The predicted octanol–water partition coefficient (Wildman–Crippen LogP) is 4.98. The molecule has 0 fully saturated rings. The number of amides is 1. The van der Waals surface area contributed by atoms with Crippen LogP contribution in [0.3, 0.4) is 0 Å². The molecule has 0 saturated heterocycles. The van der Waals surface area contributed by atoms with Crippen LogP contribution in [0, 0.1) is 10.5 Å². The number of nitrogens with zero attached hydrogens (tertiary/aromatic N) is 1. The molecule has 0 aliphatic carbocycles. The molecule has 0 radical (unpaired) electrons. The fourth-order valence-corrected chi connectivity index (χ4v) is 3.03. The van der Waals surface area contributed by atoms with E-state index in [0.29, 0.717) is 10.7 Å². The van der Waals surface area contributed by atoms with Gasteiger partial charge in [-0.3, -0.25) is 10.1 Å². The molecule has 3 rings (SSSR count). The average Bonchev–Trinajstić information content (AvgIpc) is 2.97. The van der Waals surface area contributed by atoms with Crippen molar-refractivity contribution in [3.05, 3.63) is 68.6 Å². The molecule has 3 aromatic rings. The zero-order valence-corrected chi connectivity index (χ0v) is 14.8. The second-order valence-electron chi connectivity index (χ2n) is 4.86. The van der Waals surface area contributed by atoms with Gasteiger partial charge in [0.2, 0.25) is 0 Å². The van der Waals surface area contributed by atoms with Crippen LogP contribution in [0.1, 0.15) is 15.9 Å². The molecule has 1 amide bonds. The quantitative estimate of drug-likeness (QED) is 0.608. The van der Waals surface area contributed by atoms with Crippen LogP contribution in [-0.2, 0) is 0 Å². The zero-order valence-electron chi connectivity index (χ0n) is 11.8. The summed E-state index contributed by atoms with van der Waals surface area (Å²) >= 11 is 3.70. The maximum Gasteiger partial charge on any atom is 0.257 e. The minimum atomic E-state index is -0.136. The Morgan fingerprint density at radius 2 is 1.77 bits per heavy atom. The summed E-state index contributed by atoms with van der Waals surface area (Å²) in [5.74, 6) is -0.136. The number of benzene rings is 2. The highest BCUT2D eigenvalue weighted by molar-refractivity contribution is 14.1. The summed E-state index contributed by atoms with van der Waals surface area (Å²) < 4.78 is 1.18. The molecule has 1 aromatic heterocycles. The van der Waals surface area contributed by atoms with Crippen LogP contribution in [0.4, 0.5) is 5.13 Å². The van der Waals surface area contributed by atoms with E-state index < -0.39 is 0 Å². The monoisotopic (exact) mass is 420 g/mol. The molecule has 0 aliphatic rings. The van der Waals surface area contributed by atoms with Gasteiger partial charge in [0.15, 0.2) is 5.13 Å². The van der Waals surface area contributed by atoms with E-state index in [1.165, 1.54) is 14.9 Å². The number of anilines is 1. The molecule has 3 nitrogen and oxygen atoms in total. The first-order chi connectivity index (χ1) is 10.6. The standard InChI is InChI=1S/C17H13IN2OS/c1-11-2-4-13(5-3-11)16(21)20-17-19-15(10-22-17)12-6-8-14(18)9-7-12/h2-10H,1H3,(H,19,20,21). The first kappa shape index (κ1) is 15.2. The Morgan fingerprint density at radius 3 is 2.45 bits per heavy atom. The predicted molar refractivity (Wildman–Crippen MR) is 99.4 cm³/mol. The summed E-state index contributed by atoms with van der Waals surface area (Å²) in [4.78, 5) is 16.6. The summed E-state index contributed by atoms with van der Waals surface area (Å²) in [6.07, 6.45) is 0. The van der Waals surface area contributed by atoms with E-state index in [2.05, 4.69) is 32.9 Å². The molecule has 1 heterocycles. The number of thiazole rings is 1. The summed E-state index contributed by atoms with van der Waals surface area (Å²) in [6.45, 7) is 2.00. The largest absolute Gasteiger partial charge is 0.298 e. The van der Waals surface area contributed by atoms with Crippen LogP contribution in [0.25, 0.3) is 11.3 Å². The van der Waals surface area contributed by atoms with E-state index in [4.69, 9.17) is 0 Å². The Labute approximate surface area is 146 Å². The normalized spacial score (nSPS) is 10.5. The van der Waals surface area contributed by atoms with Gasteiger partial charge in [0, 0.05) is 20.1 Å². The van der Waals surface area contributed by atoms with Gasteiger partial charge in [0.25, 0.3) is 5.91 Å². The number of carbonyl (C=O) groups is 1. The molecule has 0 bridgehead atoms. The molecule has 0 atom stereocenters. The number of nitrogens with one attached hydrogen (secondary N) is 1. The van der Waals surface area contributed by atoms with Gasteiger partial charge in [0.05, 0.1) is 5.69 Å². The van der Waals surface area contributed by atoms with E-state index in [9.17, 15) is 4.79 Å². The maximum atomic E-state index is 12.2. The third kappa shape index (κ3) is 3.53. The van der Waals surface area contributed by atoms with Crippen molar-refractivity contribution >= 4 is 45.0 Å². The van der Waals surface area contributed by atoms with Crippen molar-refractivity contribution in [3.63, 3.8) is 0 Å². The molecule has 1 N–H and O–H groups in total. The fraction of sp³-hybridized carbons (Fsp3) is 0.0588. The number of hydrogen-bond acceptors (Lipinski definition) is 3. The lowest BCUT2D eigenvalue weighted by atomic mass is 10.1. The average molecular weight is 420 g/mol. The molecule has 0 unspecified atom stereocenters. The van der Waals surface area contributed by atoms with Crippen molar-refractivity contribution in [1.82, 2.24) is 4.98 Å². The number of carbonyl (C=O) groups excluding carboxylic acids is 1. The van der Waals surface area contributed by atoms with Crippen molar-refractivity contribution < 1.29 is 4.79 Å². The van der Waals surface area contributed by atoms with Gasteiger partial charge >= 0.3 is 0 Å². The smallest absolute Gasteiger partial charge is 0.257 e. The van der Waals surface area contributed by atoms with Gasteiger partial charge in [0.1, 0.15) is 0 Å². The molecular weight excluding hydrogens is 407 g/mol. The Morgan fingerprint density at radius 1 is 1.09 bits per heavy atom. The number of rotatable bonds is 3. The van der Waals surface area contributed by atoms with Crippen molar-refractivity contribution in [1.29, 1.82) is 0 Å². The lowest BCUT2D eigenvalue weighted by Crippen LogP contribution is -2.11.